The number of ether oxygens (including phenoxy) is 2. The Morgan fingerprint density at radius 3 is 2.39 bits per heavy atom. The van der Waals surface area contributed by atoms with Gasteiger partial charge in [-0.15, -0.1) is 0 Å². The average molecular weight is 467 g/mol. The molecular weight excluding hydrogens is 436 g/mol. The summed E-state index contributed by atoms with van der Waals surface area (Å²) in [6, 6.07) is 13.9. The van der Waals surface area contributed by atoms with Gasteiger partial charge in [-0.1, -0.05) is 35.9 Å². The number of nitrogens with zero attached hydrogens (tertiary/aromatic N) is 3. The number of carbonyl (C=O) groups is 1. The molecule has 174 valence electrons. The molecule has 1 saturated heterocycles. The molecule has 2 aromatic carbocycles. The third-order valence-corrected chi connectivity index (χ3v) is 6.85. The first kappa shape index (κ1) is 23.0. The van der Waals surface area contributed by atoms with Crippen LogP contribution in [-0.4, -0.2) is 49.1 Å². The lowest BCUT2D eigenvalue weighted by molar-refractivity contribution is 0.0938. The standard InChI is InChI=1S/C25H30N4O3S/c1-17-7-9-18(10-8-17)15-22-27-25(33-28-22)29-13-11-19(12-14-29)16-26-24(30)23-20(31-2)5-4-6-21(23)32-3/h4-10,19H,11-16H2,1-3H3,(H,26,30). The van der Waals surface area contributed by atoms with Crippen LogP contribution in [0.15, 0.2) is 42.5 Å². The highest BCUT2D eigenvalue weighted by molar-refractivity contribution is 7.09. The van der Waals surface area contributed by atoms with Gasteiger partial charge >= 0.3 is 0 Å². The summed E-state index contributed by atoms with van der Waals surface area (Å²) in [7, 11) is 3.11. The van der Waals surface area contributed by atoms with Crippen LogP contribution in [-0.2, 0) is 6.42 Å². The molecule has 1 aliphatic rings. The third-order valence-electron chi connectivity index (χ3n) is 6.03. The lowest BCUT2D eigenvalue weighted by Crippen LogP contribution is -2.38. The molecule has 0 unspecified atom stereocenters. The van der Waals surface area contributed by atoms with Gasteiger partial charge in [-0.25, -0.2) is 4.98 Å². The van der Waals surface area contributed by atoms with Crippen molar-refractivity contribution in [1.29, 1.82) is 0 Å². The molecular formula is C25H30N4O3S. The number of piperidine rings is 1. The fourth-order valence-electron chi connectivity index (χ4n) is 4.06. The van der Waals surface area contributed by atoms with Crippen molar-refractivity contribution in [3.63, 3.8) is 0 Å². The van der Waals surface area contributed by atoms with E-state index in [0.29, 0.717) is 29.5 Å². The van der Waals surface area contributed by atoms with E-state index in [4.69, 9.17) is 14.5 Å². The molecule has 0 radical (unpaired) electrons. The Kier molecular flexibility index (Phi) is 7.44. The average Bonchev–Trinajstić information content (AvgIpc) is 3.32. The molecule has 1 amide bonds. The maximum atomic E-state index is 12.8. The number of nitrogens with one attached hydrogen (secondary N) is 1. The van der Waals surface area contributed by atoms with Gasteiger partial charge in [0, 0.05) is 37.6 Å². The second-order valence-corrected chi connectivity index (χ2v) is 9.06. The number of rotatable bonds is 8. The maximum absolute atomic E-state index is 12.8. The summed E-state index contributed by atoms with van der Waals surface area (Å²) in [5, 5.41) is 4.05. The first-order valence-corrected chi connectivity index (χ1v) is 12.0. The van der Waals surface area contributed by atoms with Gasteiger partial charge in [-0.3, -0.25) is 4.79 Å². The highest BCUT2D eigenvalue weighted by Gasteiger charge is 2.24. The molecule has 1 N–H and O–H groups in total. The number of hydrogen-bond acceptors (Lipinski definition) is 7. The normalized spacial score (nSPS) is 14.2. The van der Waals surface area contributed by atoms with Crippen LogP contribution in [0.25, 0.3) is 0 Å². The van der Waals surface area contributed by atoms with Gasteiger partial charge < -0.3 is 19.7 Å². The molecule has 1 aliphatic heterocycles. The number of benzene rings is 2. The predicted molar refractivity (Wildman–Crippen MR) is 131 cm³/mol. The zero-order chi connectivity index (χ0) is 23.2. The van der Waals surface area contributed by atoms with Crippen molar-refractivity contribution >= 4 is 22.6 Å². The first-order chi connectivity index (χ1) is 16.1. The Morgan fingerprint density at radius 1 is 1.09 bits per heavy atom. The van der Waals surface area contributed by atoms with Gasteiger partial charge in [0.2, 0.25) is 5.13 Å². The maximum Gasteiger partial charge on any atom is 0.258 e. The summed E-state index contributed by atoms with van der Waals surface area (Å²) in [5.74, 6) is 2.15. The van der Waals surface area contributed by atoms with E-state index in [1.807, 2.05) is 6.07 Å². The minimum atomic E-state index is -0.170. The smallest absolute Gasteiger partial charge is 0.258 e. The fourth-order valence-corrected chi connectivity index (χ4v) is 4.80. The third kappa shape index (κ3) is 5.63. The zero-order valence-electron chi connectivity index (χ0n) is 19.3. The monoisotopic (exact) mass is 466 g/mol. The van der Waals surface area contributed by atoms with Crippen LogP contribution in [0.2, 0.25) is 0 Å². The van der Waals surface area contributed by atoms with Crippen molar-refractivity contribution in [2.24, 2.45) is 5.92 Å². The topological polar surface area (TPSA) is 76.6 Å². The molecule has 1 fully saturated rings. The van der Waals surface area contributed by atoms with Crippen molar-refractivity contribution in [3.05, 3.63) is 65.0 Å². The Morgan fingerprint density at radius 2 is 1.76 bits per heavy atom. The van der Waals surface area contributed by atoms with Gasteiger partial charge in [0.15, 0.2) is 0 Å². The van der Waals surface area contributed by atoms with E-state index in [1.54, 1.807) is 26.4 Å². The number of anilines is 1. The second kappa shape index (κ2) is 10.7. The first-order valence-electron chi connectivity index (χ1n) is 11.2. The van der Waals surface area contributed by atoms with Crippen LogP contribution in [0.4, 0.5) is 5.13 Å². The van der Waals surface area contributed by atoms with E-state index >= 15 is 0 Å². The Balaban J connectivity index is 1.28. The summed E-state index contributed by atoms with van der Waals surface area (Å²) in [5.41, 5.74) is 2.92. The lowest BCUT2D eigenvalue weighted by atomic mass is 9.97. The van der Waals surface area contributed by atoms with Crippen molar-refractivity contribution in [2.75, 3.05) is 38.8 Å². The minimum Gasteiger partial charge on any atom is -0.496 e. The SMILES string of the molecule is COc1cccc(OC)c1C(=O)NCC1CCN(c2nc(Cc3ccc(C)cc3)ns2)CC1. The molecule has 1 aromatic heterocycles. The molecule has 0 saturated carbocycles. The van der Waals surface area contributed by atoms with E-state index in [9.17, 15) is 4.79 Å². The second-order valence-electron chi connectivity index (χ2n) is 8.33. The highest BCUT2D eigenvalue weighted by atomic mass is 32.1. The number of carbonyl (C=O) groups excluding carboxylic acids is 1. The molecule has 0 atom stereocenters. The molecule has 8 heteroatoms. The lowest BCUT2D eigenvalue weighted by Gasteiger charge is -2.31. The largest absolute Gasteiger partial charge is 0.496 e. The molecule has 33 heavy (non-hydrogen) atoms. The van der Waals surface area contributed by atoms with Gasteiger partial charge in [0.05, 0.1) is 14.2 Å². The molecule has 0 aliphatic carbocycles. The van der Waals surface area contributed by atoms with Crippen molar-refractivity contribution < 1.29 is 14.3 Å². The van der Waals surface area contributed by atoms with E-state index in [-0.39, 0.29) is 5.91 Å². The summed E-state index contributed by atoms with van der Waals surface area (Å²) >= 11 is 1.47. The predicted octanol–water partition coefficient (Wildman–Crippen LogP) is 4.10. The van der Waals surface area contributed by atoms with Crippen molar-refractivity contribution in [3.8, 4) is 11.5 Å². The van der Waals surface area contributed by atoms with Gasteiger partial charge in [-0.2, -0.15) is 4.37 Å². The van der Waals surface area contributed by atoms with Crippen LogP contribution < -0.4 is 19.7 Å². The quantitative estimate of drug-likeness (QED) is 0.539. The molecule has 2 heterocycles. The van der Waals surface area contributed by atoms with Crippen LogP contribution in [0.5, 0.6) is 11.5 Å². The van der Waals surface area contributed by atoms with E-state index in [2.05, 4.69) is 45.8 Å². The van der Waals surface area contributed by atoms with Crippen molar-refractivity contribution in [2.45, 2.75) is 26.2 Å². The Bertz CT molecular complexity index is 1050. The van der Waals surface area contributed by atoms with Gasteiger partial charge in [0.1, 0.15) is 22.9 Å². The molecule has 4 rings (SSSR count). The summed E-state index contributed by atoms with van der Waals surface area (Å²) in [6.45, 7) is 4.55. The Labute approximate surface area is 198 Å². The van der Waals surface area contributed by atoms with Crippen LogP contribution in [0.1, 0.15) is 40.2 Å². The molecule has 3 aromatic rings. The number of aromatic nitrogens is 2. The Hall–Kier alpha value is -3.13. The van der Waals surface area contributed by atoms with Gasteiger partial charge in [-0.05, 0) is 43.4 Å². The van der Waals surface area contributed by atoms with E-state index < -0.39 is 0 Å². The van der Waals surface area contributed by atoms with Gasteiger partial charge in [0.25, 0.3) is 5.91 Å². The summed E-state index contributed by atoms with van der Waals surface area (Å²) < 4.78 is 15.3. The number of amides is 1. The number of hydrogen-bond donors (Lipinski definition) is 1. The van der Waals surface area contributed by atoms with Crippen LogP contribution >= 0.6 is 11.5 Å². The summed E-state index contributed by atoms with van der Waals surface area (Å²) in [4.78, 5) is 19.9. The van der Waals surface area contributed by atoms with Crippen LogP contribution in [0, 0.1) is 12.8 Å². The zero-order valence-corrected chi connectivity index (χ0v) is 20.2. The number of aryl methyl sites for hydroxylation is 1. The molecule has 0 spiro atoms. The molecule has 7 nitrogen and oxygen atoms in total. The fraction of sp³-hybridized carbons (Fsp3) is 0.400. The van der Waals surface area contributed by atoms with E-state index in [1.165, 1.54) is 22.7 Å². The highest BCUT2D eigenvalue weighted by Crippen LogP contribution is 2.29. The van der Waals surface area contributed by atoms with E-state index in [0.717, 1.165) is 43.3 Å². The number of methoxy groups -OCH3 is 2. The minimum absolute atomic E-state index is 0.170. The van der Waals surface area contributed by atoms with Crippen molar-refractivity contribution in [1.82, 2.24) is 14.7 Å². The van der Waals surface area contributed by atoms with Crippen LogP contribution in [0.3, 0.4) is 0 Å². The molecule has 0 bridgehead atoms. The summed E-state index contributed by atoms with van der Waals surface area (Å²) in [6.07, 6.45) is 2.75.